The molecule has 2 aromatic rings. The standard InChI is InChI=1S/C11H4Br7N3/c12-6-3-1-5(2-4-6)7-19-8(10(13,14)15)21-9(20-7)11(16,17)18/h1-4H. The third kappa shape index (κ3) is 5.29. The predicted octanol–water partition coefficient (Wildman–Crippen LogP) is 6.89. The Labute approximate surface area is 180 Å². The number of halogens is 7. The number of nitrogens with zero attached hydrogens (tertiary/aromatic N) is 3. The Balaban J connectivity index is 2.63. The zero-order valence-electron chi connectivity index (χ0n) is 9.80. The monoisotopic (exact) mass is 730 g/mol. The topological polar surface area (TPSA) is 38.7 Å². The average molecular weight is 738 g/mol. The molecular formula is C11H4Br7N3. The maximum Gasteiger partial charge on any atom is 0.194 e. The molecule has 10 heteroatoms. The first-order valence-electron chi connectivity index (χ1n) is 5.24. The van der Waals surface area contributed by atoms with Crippen LogP contribution in [0.5, 0.6) is 0 Å². The van der Waals surface area contributed by atoms with Gasteiger partial charge in [0, 0.05) is 10.0 Å². The van der Waals surface area contributed by atoms with Gasteiger partial charge in [-0.1, -0.05) is 124 Å². The lowest BCUT2D eigenvalue weighted by Crippen LogP contribution is -2.15. The largest absolute Gasteiger partial charge is 0.211 e. The van der Waals surface area contributed by atoms with Crippen LogP contribution in [0.2, 0.25) is 0 Å². The number of rotatable bonds is 1. The van der Waals surface area contributed by atoms with Gasteiger partial charge in [-0.05, 0) is 12.1 Å². The second kappa shape index (κ2) is 7.23. The minimum absolute atomic E-state index is 0.494. The molecule has 0 N–H and O–H groups in total. The van der Waals surface area contributed by atoms with Crippen LogP contribution in [0.25, 0.3) is 11.4 Å². The number of alkyl halides is 6. The van der Waals surface area contributed by atoms with Crippen molar-refractivity contribution in [2.24, 2.45) is 0 Å². The molecule has 0 saturated carbocycles. The van der Waals surface area contributed by atoms with E-state index in [1.807, 2.05) is 24.3 Å². The van der Waals surface area contributed by atoms with Crippen molar-refractivity contribution in [3.63, 3.8) is 0 Å². The van der Waals surface area contributed by atoms with Gasteiger partial charge in [0.1, 0.15) is 0 Å². The molecule has 1 aromatic carbocycles. The minimum Gasteiger partial charge on any atom is -0.211 e. The molecule has 0 unspecified atom stereocenters. The molecule has 0 fully saturated rings. The van der Waals surface area contributed by atoms with E-state index in [-0.39, 0.29) is 0 Å². The third-order valence-corrected chi connectivity index (χ3v) is 4.90. The van der Waals surface area contributed by atoms with Crippen molar-refractivity contribution < 1.29 is 0 Å². The molecule has 0 bridgehead atoms. The number of hydrogen-bond donors (Lipinski definition) is 0. The Kier molecular flexibility index (Phi) is 6.51. The second-order valence-corrected chi connectivity index (χ2v) is 18.2. The zero-order valence-corrected chi connectivity index (χ0v) is 20.9. The summed E-state index contributed by atoms with van der Waals surface area (Å²) < 4.78 is -0.465. The van der Waals surface area contributed by atoms with Gasteiger partial charge in [-0.15, -0.1) is 0 Å². The van der Waals surface area contributed by atoms with E-state index < -0.39 is 4.29 Å². The van der Waals surface area contributed by atoms with Crippen molar-refractivity contribution in [3.8, 4) is 11.4 Å². The van der Waals surface area contributed by atoms with E-state index in [1.54, 1.807) is 0 Å². The second-order valence-electron chi connectivity index (χ2n) is 3.81. The van der Waals surface area contributed by atoms with E-state index in [2.05, 4.69) is 126 Å². The highest BCUT2D eigenvalue weighted by atomic mass is 80.0. The highest BCUT2D eigenvalue weighted by Crippen LogP contribution is 2.46. The lowest BCUT2D eigenvalue weighted by Gasteiger charge is -2.17. The average Bonchev–Trinajstić information content (AvgIpc) is 2.37. The summed E-state index contributed by atoms with van der Waals surface area (Å²) in [4.78, 5) is 13.4. The van der Waals surface area contributed by atoms with Gasteiger partial charge in [-0.25, -0.2) is 15.0 Å². The molecule has 0 spiro atoms. The molecule has 0 radical (unpaired) electrons. The summed E-state index contributed by atoms with van der Waals surface area (Å²) in [5, 5.41) is 0. The fourth-order valence-corrected chi connectivity index (χ4v) is 2.69. The number of benzene rings is 1. The van der Waals surface area contributed by atoms with E-state index in [1.165, 1.54) is 0 Å². The van der Waals surface area contributed by atoms with Gasteiger partial charge in [-0.2, -0.15) is 0 Å². The van der Waals surface area contributed by atoms with Crippen LogP contribution >= 0.6 is 112 Å². The van der Waals surface area contributed by atoms with Crippen LogP contribution in [0.15, 0.2) is 28.7 Å². The molecule has 0 atom stereocenters. The Morgan fingerprint density at radius 2 is 1.10 bits per heavy atom. The van der Waals surface area contributed by atoms with Crippen molar-refractivity contribution in [2.45, 2.75) is 4.29 Å². The molecule has 2 rings (SSSR count). The highest BCUT2D eigenvalue weighted by Gasteiger charge is 2.32. The van der Waals surface area contributed by atoms with Crippen LogP contribution in [-0.2, 0) is 4.29 Å². The first kappa shape index (κ1) is 18.9. The molecule has 1 aromatic heterocycles. The van der Waals surface area contributed by atoms with E-state index in [0.717, 1.165) is 10.0 Å². The Morgan fingerprint density at radius 3 is 1.48 bits per heavy atom. The molecule has 0 saturated heterocycles. The molecular weight excluding hydrogens is 733 g/mol. The number of hydrogen-bond acceptors (Lipinski definition) is 3. The number of aromatic nitrogens is 3. The van der Waals surface area contributed by atoms with Crippen molar-refractivity contribution in [1.82, 2.24) is 15.0 Å². The van der Waals surface area contributed by atoms with E-state index >= 15 is 0 Å². The Morgan fingerprint density at radius 1 is 0.667 bits per heavy atom. The molecule has 1 heterocycles. The summed E-state index contributed by atoms with van der Waals surface area (Å²) >= 11 is 24.0. The summed E-state index contributed by atoms with van der Waals surface area (Å²) in [6.45, 7) is 0. The minimum atomic E-state index is -0.729. The van der Waals surface area contributed by atoms with Gasteiger partial charge in [-0.3, -0.25) is 0 Å². The Hall–Kier alpha value is 1.59. The summed E-state index contributed by atoms with van der Waals surface area (Å²) in [6, 6.07) is 7.74. The van der Waals surface area contributed by atoms with Crippen LogP contribution in [0, 0.1) is 0 Å². The van der Waals surface area contributed by atoms with E-state index in [0.29, 0.717) is 17.5 Å². The fraction of sp³-hybridized carbons (Fsp3) is 0.182. The van der Waals surface area contributed by atoms with Gasteiger partial charge >= 0.3 is 0 Å². The fourth-order valence-electron chi connectivity index (χ4n) is 1.36. The maximum atomic E-state index is 4.48. The van der Waals surface area contributed by atoms with Crippen molar-refractivity contribution in [2.75, 3.05) is 0 Å². The summed E-state index contributed by atoms with van der Waals surface area (Å²) in [7, 11) is 0. The first-order chi connectivity index (χ1) is 9.57. The van der Waals surface area contributed by atoms with Gasteiger partial charge in [0.2, 0.25) is 0 Å². The summed E-state index contributed by atoms with van der Waals surface area (Å²) in [5.74, 6) is 1.55. The van der Waals surface area contributed by atoms with Gasteiger partial charge in [0.05, 0.1) is 0 Å². The lowest BCUT2D eigenvalue weighted by molar-refractivity contribution is 0.893. The lowest BCUT2D eigenvalue weighted by atomic mass is 10.2. The Bertz CT molecular complexity index is 614. The molecule has 0 aliphatic rings. The van der Waals surface area contributed by atoms with Gasteiger partial charge in [0.25, 0.3) is 0 Å². The van der Waals surface area contributed by atoms with Gasteiger partial charge in [0.15, 0.2) is 21.8 Å². The van der Waals surface area contributed by atoms with Gasteiger partial charge < -0.3 is 0 Å². The molecule has 21 heavy (non-hydrogen) atoms. The van der Waals surface area contributed by atoms with Crippen LogP contribution < -0.4 is 0 Å². The summed E-state index contributed by atoms with van der Waals surface area (Å²) in [5.41, 5.74) is 0.886. The van der Waals surface area contributed by atoms with Crippen molar-refractivity contribution in [1.29, 1.82) is 0 Å². The highest BCUT2D eigenvalue weighted by molar-refractivity contribution is 9.39. The smallest absolute Gasteiger partial charge is 0.194 e. The molecule has 3 nitrogen and oxygen atoms in total. The normalized spacial score (nSPS) is 12.5. The SMILES string of the molecule is Brc1ccc(-c2nc(C(Br)(Br)Br)nc(C(Br)(Br)Br)n2)cc1. The molecule has 112 valence electrons. The molecule has 0 amide bonds. The quantitative estimate of drug-likeness (QED) is 0.300. The molecule has 0 aliphatic heterocycles. The van der Waals surface area contributed by atoms with Crippen LogP contribution in [0.3, 0.4) is 0 Å². The van der Waals surface area contributed by atoms with Crippen molar-refractivity contribution in [3.05, 3.63) is 40.4 Å². The first-order valence-corrected chi connectivity index (χ1v) is 10.8. The van der Waals surface area contributed by atoms with E-state index in [4.69, 9.17) is 0 Å². The van der Waals surface area contributed by atoms with Crippen LogP contribution in [0.4, 0.5) is 0 Å². The molecule has 0 aliphatic carbocycles. The van der Waals surface area contributed by atoms with E-state index in [9.17, 15) is 0 Å². The maximum absolute atomic E-state index is 4.48. The van der Waals surface area contributed by atoms with Crippen LogP contribution in [0.1, 0.15) is 11.6 Å². The zero-order chi connectivity index (χ0) is 15.8. The van der Waals surface area contributed by atoms with Crippen molar-refractivity contribution >= 4 is 112 Å². The predicted molar refractivity (Wildman–Crippen MR) is 110 cm³/mol. The summed E-state index contributed by atoms with van der Waals surface area (Å²) in [6.07, 6.45) is 0. The van der Waals surface area contributed by atoms with Crippen LogP contribution in [-0.4, -0.2) is 15.0 Å². The third-order valence-electron chi connectivity index (χ3n) is 2.24.